The van der Waals surface area contributed by atoms with E-state index in [4.69, 9.17) is 18.1 Å². The lowest BCUT2D eigenvalue weighted by Crippen LogP contribution is -2.22. The highest BCUT2D eigenvalue weighted by Crippen LogP contribution is 2.52. The summed E-state index contributed by atoms with van der Waals surface area (Å²) in [5.41, 5.74) is 3.24. The van der Waals surface area contributed by atoms with Crippen LogP contribution in [0, 0.1) is 0 Å². The van der Waals surface area contributed by atoms with Gasteiger partial charge >= 0.3 is 15.2 Å². The van der Waals surface area contributed by atoms with Gasteiger partial charge in [-0.05, 0) is 100 Å². The van der Waals surface area contributed by atoms with Gasteiger partial charge in [0.05, 0.1) is 26.4 Å². The summed E-state index contributed by atoms with van der Waals surface area (Å²) in [7, 11) is -6.83. The minimum atomic E-state index is -3.42. The van der Waals surface area contributed by atoms with Crippen LogP contribution in [0.2, 0.25) is 0 Å². The van der Waals surface area contributed by atoms with Crippen molar-refractivity contribution in [3.63, 3.8) is 0 Å². The zero-order valence-corrected chi connectivity index (χ0v) is 28.1. The average molecular weight is 718 g/mol. The molecule has 0 spiro atoms. The molecule has 0 heterocycles. The first kappa shape index (κ1) is 33.0. The van der Waals surface area contributed by atoms with E-state index >= 15 is 0 Å². The van der Waals surface area contributed by atoms with Gasteiger partial charge in [-0.1, -0.05) is 31.9 Å². The van der Waals surface area contributed by atoms with Crippen LogP contribution in [0.1, 0.15) is 27.7 Å². The Morgan fingerprint density at radius 3 is 0.950 bits per heavy atom. The van der Waals surface area contributed by atoms with Gasteiger partial charge in [-0.15, -0.1) is 0 Å². The van der Waals surface area contributed by atoms with E-state index in [1.54, 1.807) is 27.7 Å². The van der Waals surface area contributed by atoms with E-state index in [0.29, 0.717) is 0 Å². The summed E-state index contributed by atoms with van der Waals surface area (Å²) >= 11 is 6.97. The summed E-state index contributed by atoms with van der Waals surface area (Å²) in [5.74, 6) is 0. The second-order valence-electron chi connectivity index (χ2n) is 8.50. The standard InChI is InChI=1S/C28H36Br2N2O6P2/c1-5-35-39(33,36-6-2)21-31(25-13-9-23(29)10-14-25)27-17-19-28(20-18-27)32(26-15-11-24(30)12-16-26)22-40(34,37-7-3)38-8-4/h9-20H,5-8,21-22H2,1-4H3. The van der Waals surface area contributed by atoms with Crippen LogP contribution in [0.4, 0.5) is 22.7 Å². The van der Waals surface area contributed by atoms with Crippen molar-refractivity contribution in [1.29, 1.82) is 0 Å². The Labute approximate surface area is 254 Å². The molecular weight excluding hydrogens is 682 g/mol. The summed E-state index contributed by atoms with van der Waals surface area (Å²) in [5, 5.41) is 0. The summed E-state index contributed by atoms with van der Waals surface area (Å²) in [6.07, 6.45) is 0.0753. The van der Waals surface area contributed by atoms with Crippen LogP contribution in [-0.4, -0.2) is 39.0 Å². The van der Waals surface area contributed by atoms with Crippen molar-refractivity contribution >= 4 is 69.8 Å². The highest BCUT2D eigenvalue weighted by atomic mass is 79.9. The van der Waals surface area contributed by atoms with Gasteiger partial charge in [0.2, 0.25) is 0 Å². The molecule has 3 aromatic carbocycles. The lowest BCUT2D eigenvalue weighted by atomic mass is 10.2. The van der Waals surface area contributed by atoms with Crippen LogP contribution >= 0.6 is 47.1 Å². The quantitative estimate of drug-likeness (QED) is 0.136. The van der Waals surface area contributed by atoms with Crippen LogP contribution in [0.15, 0.2) is 81.7 Å². The van der Waals surface area contributed by atoms with Crippen molar-refractivity contribution in [2.45, 2.75) is 27.7 Å². The van der Waals surface area contributed by atoms with Gasteiger partial charge in [0.15, 0.2) is 0 Å². The summed E-state index contributed by atoms with van der Waals surface area (Å²) in [6.45, 7) is 8.26. The molecule has 0 amide bonds. The fourth-order valence-electron chi connectivity index (χ4n) is 4.05. The van der Waals surface area contributed by atoms with Crippen LogP contribution < -0.4 is 9.80 Å². The van der Waals surface area contributed by atoms with Gasteiger partial charge in [0, 0.05) is 31.7 Å². The third-order valence-corrected chi connectivity index (χ3v) is 10.6. The first-order valence-electron chi connectivity index (χ1n) is 13.1. The van der Waals surface area contributed by atoms with Crippen molar-refractivity contribution in [3.05, 3.63) is 81.7 Å². The monoisotopic (exact) mass is 716 g/mol. The molecule has 0 aromatic heterocycles. The molecule has 3 aromatic rings. The van der Waals surface area contributed by atoms with Gasteiger partial charge in [-0.25, -0.2) is 0 Å². The molecule has 12 heteroatoms. The van der Waals surface area contributed by atoms with Crippen molar-refractivity contribution in [2.75, 3.05) is 48.8 Å². The Morgan fingerprint density at radius 1 is 0.500 bits per heavy atom. The van der Waals surface area contributed by atoms with E-state index < -0.39 is 15.2 Å². The molecular formula is C28H36Br2N2O6P2. The van der Waals surface area contributed by atoms with E-state index in [9.17, 15) is 9.13 Å². The Kier molecular flexibility index (Phi) is 12.9. The van der Waals surface area contributed by atoms with Gasteiger partial charge in [-0.2, -0.15) is 0 Å². The van der Waals surface area contributed by atoms with Gasteiger partial charge in [0.1, 0.15) is 12.6 Å². The molecule has 0 aliphatic rings. The third kappa shape index (κ3) is 9.27. The first-order chi connectivity index (χ1) is 19.2. The van der Waals surface area contributed by atoms with E-state index in [0.717, 1.165) is 31.7 Å². The molecule has 0 saturated carbocycles. The molecule has 3 rings (SSSR count). The molecule has 218 valence electrons. The van der Waals surface area contributed by atoms with Gasteiger partial charge < -0.3 is 27.9 Å². The summed E-state index contributed by atoms with van der Waals surface area (Å²) in [6, 6.07) is 23.2. The fraction of sp³-hybridized carbons (Fsp3) is 0.357. The predicted octanol–water partition coefficient (Wildman–Crippen LogP) is 9.93. The normalized spacial score (nSPS) is 11.9. The minimum absolute atomic E-state index is 0.0377. The second-order valence-corrected chi connectivity index (χ2v) is 14.4. The fourth-order valence-corrected chi connectivity index (χ4v) is 7.97. The molecule has 8 nitrogen and oxygen atoms in total. The number of anilines is 4. The highest BCUT2D eigenvalue weighted by Gasteiger charge is 2.30. The topological polar surface area (TPSA) is 77.5 Å². The lowest BCUT2D eigenvalue weighted by Gasteiger charge is -2.31. The molecule has 0 fully saturated rings. The molecule has 0 saturated heterocycles. The SMILES string of the molecule is CCOP(=O)(CN(c1ccc(Br)cc1)c1ccc(N(CP(=O)(OCC)OCC)c2ccc(Br)cc2)cc1)OCC. The van der Waals surface area contributed by atoms with E-state index in [-0.39, 0.29) is 39.0 Å². The smallest absolute Gasteiger partial charge is 0.329 e. The predicted molar refractivity (Wildman–Crippen MR) is 170 cm³/mol. The van der Waals surface area contributed by atoms with E-state index in [2.05, 4.69) is 31.9 Å². The Bertz CT molecular complexity index is 1170. The zero-order chi connectivity index (χ0) is 29.2. The summed E-state index contributed by atoms with van der Waals surface area (Å²) in [4.78, 5) is 3.83. The lowest BCUT2D eigenvalue weighted by molar-refractivity contribution is 0.219. The second kappa shape index (κ2) is 15.7. The molecule has 40 heavy (non-hydrogen) atoms. The Hall–Kier alpha value is -1.48. The van der Waals surface area contributed by atoms with E-state index in [1.807, 2.05) is 82.6 Å². The van der Waals surface area contributed by atoms with Crippen molar-refractivity contribution in [1.82, 2.24) is 0 Å². The largest absolute Gasteiger partial charge is 0.350 e. The third-order valence-electron chi connectivity index (χ3n) is 5.68. The Morgan fingerprint density at radius 2 is 0.725 bits per heavy atom. The maximum absolute atomic E-state index is 13.5. The maximum Gasteiger partial charge on any atom is 0.350 e. The number of hydrogen-bond donors (Lipinski definition) is 0. The van der Waals surface area contributed by atoms with Crippen LogP contribution in [0.3, 0.4) is 0 Å². The maximum atomic E-state index is 13.5. The van der Waals surface area contributed by atoms with Crippen LogP contribution in [0.25, 0.3) is 0 Å². The molecule has 0 N–H and O–H groups in total. The van der Waals surface area contributed by atoms with Crippen LogP contribution in [-0.2, 0) is 27.2 Å². The molecule has 0 bridgehead atoms. The minimum Gasteiger partial charge on any atom is -0.329 e. The number of nitrogens with zero attached hydrogens (tertiary/aromatic N) is 2. The number of halogens is 2. The molecule has 0 radical (unpaired) electrons. The highest BCUT2D eigenvalue weighted by molar-refractivity contribution is 9.10. The zero-order valence-electron chi connectivity index (χ0n) is 23.2. The molecule has 0 aliphatic heterocycles. The molecule has 0 unspecified atom stereocenters. The van der Waals surface area contributed by atoms with Crippen LogP contribution in [0.5, 0.6) is 0 Å². The molecule has 0 atom stereocenters. The number of rotatable bonds is 16. The van der Waals surface area contributed by atoms with Gasteiger partial charge in [0.25, 0.3) is 0 Å². The van der Waals surface area contributed by atoms with Crippen molar-refractivity contribution in [2.24, 2.45) is 0 Å². The first-order valence-corrected chi connectivity index (χ1v) is 18.1. The summed E-state index contributed by atoms with van der Waals surface area (Å²) < 4.78 is 51.4. The van der Waals surface area contributed by atoms with Gasteiger partial charge in [-0.3, -0.25) is 9.13 Å². The Balaban J connectivity index is 2.04. The van der Waals surface area contributed by atoms with Crippen molar-refractivity contribution < 1.29 is 27.2 Å². The number of benzene rings is 3. The van der Waals surface area contributed by atoms with Crippen molar-refractivity contribution in [3.8, 4) is 0 Å². The molecule has 0 aliphatic carbocycles. The average Bonchev–Trinajstić information content (AvgIpc) is 2.92. The van der Waals surface area contributed by atoms with E-state index in [1.165, 1.54) is 0 Å². The number of hydrogen-bond acceptors (Lipinski definition) is 8.